The van der Waals surface area contributed by atoms with Gasteiger partial charge in [-0.25, -0.2) is 0 Å². The Labute approximate surface area is 206 Å². The standard InChI is InChI=1S/C27H19NO7S/c1-14-5-4-8-17(27(14)36(32,33)34)15-9-11-16(12-10-15)35-21-13-20(29)22-23(24(21)28)26(31)19-7-3-2-6-18(19)25(22)30/h2-13,29H,28H2,1H3,(H,32,33,34). The van der Waals surface area contributed by atoms with Crippen LogP contribution < -0.4 is 10.5 Å². The first-order valence-electron chi connectivity index (χ1n) is 10.8. The number of aryl methyl sites for hydroxylation is 1. The molecule has 1 aliphatic carbocycles. The van der Waals surface area contributed by atoms with E-state index in [1.165, 1.54) is 18.2 Å². The van der Waals surface area contributed by atoms with Gasteiger partial charge in [0, 0.05) is 22.8 Å². The summed E-state index contributed by atoms with van der Waals surface area (Å²) in [6, 6.07) is 18.6. The Morgan fingerprint density at radius 3 is 2.00 bits per heavy atom. The number of phenolic OH excluding ortho intramolecular Hbond substituents is 1. The number of rotatable bonds is 4. The van der Waals surface area contributed by atoms with Gasteiger partial charge < -0.3 is 15.6 Å². The van der Waals surface area contributed by atoms with Crippen LogP contribution >= 0.6 is 0 Å². The zero-order valence-corrected chi connectivity index (χ0v) is 19.7. The number of ketones is 2. The number of phenols is 1. The van der Waals surface area contributed by atoms with E-state index in [9.17, 15) is 27.7 Å². The number of hydrogen-bond donors (Lipinski definition) is 3. The van der Waals surface area contributed by atoms with Crippen LogP contribution in [0.25, 0.3) is 11.1 Å². The number of anilines is 1. The van der Waals surface area contributed by atoms with Crippen LogP contribution in [0.2, 0.25) is 0 Å². The maximum Gasteiger partial charge on any atom is 0.295 e. The molecular weight excluding hydrogens is 482 g/mol. The van der Waals surface area contributed by atoms with Crippen molar-refractivity contribution in [2.24, 2.45) is 0 Å². The van der Waals surface area contributed by atoms with E-state index in [4.69, 9.17) is 10.5 Å². The monoisotopic (exact) mass is 501 g/mol. The summed E-state index contributed by atoms with van der Waals surface area (Å²) in [5, 5.41) is 10.6. The van der Waals surface area contributed by atoms with Crippen molar-refractivity contribution in [3.63, 3.8) is 0 Å². The van der Waals surface area contributed by atoms with E-state index >= 15 is 0 Å². The minimum atomic E-state index is -4.46. The number of benzene rings is 4. The molecule has 0 saturated carbocycles. The number of hydrogen-bond acceptors (Lipinski definition) is 7. The van der Waals surface area contributed by atoms with Crippen molar-refractivity contribution in [1.82, 2.24) is 0 Å². The molecule has 5 rings (SSSR count). The second kappa shape index (κ2) is 8.33. The molecule has 4 aromatic carbocycles. The van der Waals surface area contributed by atoms with Crippen molar-refractivity contribution in [1.29, 1.82) is 0 Å². The maximum atomic E-state index is 13.1. The van der Waals surface area contributed by atoms with Gasteiger partial charge in [0.25, 0.3) is 10.1 Å². The van der Waals surface area contributed by atoms with E-state index in [2.05, 4.69) is 0 Å². The molecule has 0 aromatic heterocycles. The second-order valence-electron chi connectivity index (χ2n) is 8.31. The minimum Gasteiger partial charge on any atom is -0.507 e. The lowest BCUT2D eigenvalue weighted by Gasteiger charge is -2.21. The van der Waals surface area contributed by atoms with Crippen molar-refractivity contribution >= 4 is 27.4 Å². The molecule has 1 aliphatic rings. The van der Waals surface area contributed by atoms with Gasteiger partial charge in [0.05, 0.1) is 16.8 Å². The van der Waals surface area contributed by atoms with E-state index in [1.807, 2.05) is 0 Å². The summed E-state index contributed by atoms with van der Waals surface area (Å²) < 4.78 is 39.3. The third-order valence-electron chi connectivity index (χ3n) is 6.04. The summed E-state index contributed by atoms with van der Waals surface area (Å²) in [4.78, 5) is 25.8. The van der Waals surface area contributed by atoms with Crippen molar-refractivity contribution in [3.8, 4) is 28.4 Å². The van der Waals surface area contributed by atoms with Crippen LogP contribution in [0.5, 0.6) is 17.2 Å². The number of carbonyl (C=O) groups is 2. The molecule has 0 bridgehead atoms. The summed E-state index contributed by atoms with van der Waals surface area (Å²) in [5.74, 6) is -1.18. The minimum absolute atomic E-state index is 0.0197. The molecule has 0 fully saturated rings. The lowest BCUT2D eigenvalue weighted by molar-refractivity contribution is 0.0977. The number of carbonyl (C=O) groups excluding carboxylic acids is 2. The molecule has 0 radical (unpaired) electrons. The first-order valence-corrected chi connectivity index (χ1v) is 12.2. The van der Waals surface area contributed by atoms with Gasteiger partial charge >= 0.3 is 0 Å². The molecule has 4 aromatic rings. The van der Waals surface area contributed by atoms with Crippen molar-refractivity contribution in [2.45, 2.75) is 11.8 Å². The van der Waals surface area contributed by atoms with E-state index in [1.54, 1.807) is 61.5 Å². The molecule has 0 spiro atoms. The van der Waals surface area contributed by atoms with Crippen LogP contribution in [-0.2, 0) is 10.1 Å². The van der Waals surface area contributed by atoms with E-state index in [-0.39, 0.29) is 44.3 Å². The Bertz CT molecular complexity index is 1690. The third kappa shape index (κ3) is 3.71. The Hall–Kier alpha value is -4.47. The van der Waals surface area contributed by atoms with Crippen molar-refractivity contribution in [2.75, 3.05) is 5.73 Å². The van der Waals surface area contributed by atoms with Crippen molar-refractivity contribution in [3.05, 3.63) is 101 Å². The average Bonchev–Trinajstić information content (AvgIpc) is 2.84. The largest absolute Gasteiger partial charge is 0.507 e. The van der Waals surface area contributed by atoms with Gasteiger partial charge in [-0.15, -0.1) is 0 Å². The zero-order chi connectivity index (χ0) is 25.8. The molecule has 8 nitrogen and oxygen atoms in total. The number of nitrogen functional groups attached to an aromatic ring is 1. The van der Waals surface area contributed by atoms with Crippen molar-refractivity contribution < 1.29 is 32.4 Å². The Balaban J connectivity index is 1.52. The highest BCUT2D eigenvalue weighted by atomic mass is 32.2. The van der Waals surface area contributed by atoms with E-state index in [0.29, 0.717) is 16.7 Å². The molecule has 0 saturated heterocycles. The van der Waals surface area contributed by atoms with Gasteiger partial charge in [-0.3, -0.25) is 14.1 Å². The SMILES string of the molecule is Cc1cccc(-c2ccc(Oc3cc(O)c4c(c3N)C(=O)c3ccccc3C4=O)cc2)c1S(=O)(=O)O. The number of ether oxygens (including phenoxy) is 1. The average molecular weight is 502 g/mol. The fourth-order valence-electron chi connectivity index (χ4n) is 4.41. The lowest BCUT2D eigenvalue weighted by atomic mass is 9.82. The topological polar surface area (TPSA) is 144 Å². The van der Waals surface area contributed by atoms with Crippen LogP contribution in [0, 0.1) is 6.92 Å². The predicted octanol–water partition coefficient (Wildman–Crippen LogP) is 4.76. The van der Waals surface area contributed by atoms with Crippen LogP contribution in [0.3, 0.4) is 0 Å². The van der Waals surface area contributed by atoms with Gasteiger partial charge in [0.15, 0.2) is 17.3 Å². The normalized spacial score (nSPS) is 12.7. The summed E-state index contributed by atoms with van der Waals surface area (Å²) in [6.07, 6.45) is 0. The van der Waals surface area contributed by atoms with Crippen LogP contribution in [-0.4, -0.2) is 29.6 Å². The summed E-state index contributed by atoms with van der Waals surface area (Å²) in [7, 11) is -4.46. The van der Waals surface area contributed by atoms with Crippen LogP contribution in [0.4, 0.5) is 5.69 Å². The van der Waals surface area contributed by atoms with E-state index < -0.39 is 27.4 Å². The summed E-state index contributed by atoms with van der Waals surface area (Å²) in [6.45, 7) is 1.58. The second-order valence-corrected chi connectivity index (χ2v) is 9.67. The highest BCUT2D eigenvalue weighted by molar-refractivity contribution is 7.86. The summed E-state index contributed by atoms with van der Waals surface area (Å²) in [5.41, 5.74) is 7.45. The fraction of sp³-hybridized carbons (Fsp3) is 0.0370. The fourth-order valence-corrected chi connectivity index (χ4v) is 5.35. The van der Waals surface area contributed by atoms with Gasteiger partial charge in [-0.1, -0.05) is 54.6 Å². The third-order valence-corrected chi connectivity index (χ3v) is 7.10. The molecule has 4 N–H and O–H groups in total. The Morgan fingerprint density at radius 2 is 1.39 bits per heavy atom. The quantitative estimate of drug-likeness (QED) is 0.182. The lowest BCUT2D eigenvalue weighted by Crippen LogP contribution is -2.22. The zero-order valence-electron chi connectivity index (χ0n) is 18.8. The molecule has 0 unspecified atom stereocenters. The molecule has 0 aliphatic heterocycles. The first kappa shape index (κ1) is 23.3. The molecule has 36 heavy (non-hydrogen) atoms. The summed E-state index contributed by atoms with van der Waals surface area (Å²) >= 11 is 0. The van der Waals surface area contributed by atoms with Gasteiger partial charge in [0.2, 0.25) is 0 Å². The van der Waals surface area contributed by atoms with Gasteiger partial charge in [0.1, 0.15) is 16.4 Å². The molecule has 0 heterocycles. The number of nitrogens with two attached hydrogens (primary N) is 1. The molecular formula is C27H19NO7S. The van der Waals surface area contributed by atoms with Crippen LogP contribution in [0.1, 0.15) is 37.4 Å². The van der Waals surface area contributed by atoms with Crippen LogP contribution in [0.15, 0.2) is 77.7 Å². The molecule has 180 valence electrons. The molecule has 0 amide bonds. The van der Waals surface area contributed by atoms with E-state index in [0.717, 1.165) is 0 Å². The molecule has 9 heteroatoms. The molecule has 0 atom stereocenters. The van der Waals surface area contributed by atoms with Gasteiger partial charge in [-0.05, 0) is 30.2 Å². The Kier molecular flexibility index (Phi) is 5.39. The smallest absolute Gasteiger partial charge is 0.295 e. The van der Waals surface area contributed by atoms with Gasteiger partial charge in [-0.2, -0.15) is 8.42 Å². The highest BCUT2D eigenvalue weighted by Gasteiger charge is 2.35. The number of fused-ring (bicyclic) bond motifs is 2. The Morgan fingerprint density at radius 1 is 0.806 bits per heavy atom. The maximum absolute atomic E-state index is 13.1. The number of aromatic hydroxyl groups is 1. The first-order chi connectivity index (χ1) is 17.1. The highest BCUT2D eigenvalue weighted by Crippen LogP contribution is 2.42. The predicted molar refractivity (Wildman–Crippen MR) is 132 cm³/mol.